The van der Waals surface area contributed by atoms with Gasteiger partial charge in [-0.3, -0.25) is 15.7 Å². The first kappa shape index (κ1) is 14.8. The molecule has 0 unspecified atom stereocenters. The summed E-state index contributed by atoms with van der Waals surface area (Å²) in [6.45, 7) is 5.08. The molecule has 5 nitrogen and oxygen atoms in total. The Hall–Kier alpha value is -1.26. The van der Waals surface area contributed by atoms with Crippen LogP contribution in [0, 0.1) is 5.41 Å². The molecule has 1 aliphatic heterocycles. The van der Waals surface area contributed by atoms with Crippen LogP contribution in [-0.2, 0) is 0 Å². The first-order valence-corrected chi connectivity index (χ1v) is 7.14. The number of guanidine groups is 2. The SMILES string of the molecule is CCCCCC/N=C(/NC(=N)N)N1CCCCC1. The molecule has 1 saturated heterocycles. The number of nitrogens with one attached hydrogen (secondary N) is 2. The summed E-state index contributed by atoms with van der Waals surface area (Å²) in [4.78, 5) is 6.78. The number of hydrogen-bond acceptors (Lipinski definition) is 2. The zero-order chi connectivity index (χ0) is 13.2. The van der Waals surface area contributed by atoms with Gasteiger partial charge in [-0.1, -0.05) is 26.2 Å². The molecule has 0 aliphatic carbocycles. The quantitative estimate of drug-likeness (QED) is 0.398. The zero-order valence-corrected chi connectivity index (χ0v) is 11.5. The number of piperidine rings is 1. The van der Waals surface area contributed by atoms with Gasteiger partial charge in [-0.15, -0.1) is 0 Å². The van der Waals surface area contributed by atoms with E-state index in [2.05, 4.69) is 22.1 Å². The summed E-state index contributed by atoms with van der Waals surface area (Å²) in [6.07, 6.45) is 8.56. The molecular weight excluding hydrogens is 226 g/mol. The van der Waals surface area contributed by atoms with Gasteiger partial charge in [-0.05, 0) is 25.7 Å². The minimum absolute atomic E-state index is 0.0205. The van der Waals surface area contributed by atoms with E-state index in [1.165, 1.54) is 38.5 Å². The minimum atomic E-state index is -0.0205. The summed E-state index contributed by atoms with van der Waals surface area (Å²) in [5.74, 6) is 0.770. The van der Waals surface area contributed by atoms with E-state index in [1.54, 1.807) is 0 Å². The molecule has 1 heterocycles. The number of aliphatic imine (C=N–C) groups is 1. The smallest absolute Gasteiger partial charge is 0.200 e. The number of nitrogens with two attached hydrogens (primary N) is 1. The van der Waals surface area contributed by atoms with Crippen LogP contribution in [0.5, 0.6) is 0 Å². The lowest BCUT2D eigenvalue weighted by molar-refractivity contribution is 0.335. The van der Waals surface area contributed by atoms with Crippen molar-refractivity contribution in [3.05, 3.63) is 0 Å². The first-order chi connectivity index (χ1) is 8.74. The van der Waals surface area contributed by atoms with Gasteiger partial charge in [0.15, 0.2) is 5.96 Å². The molecule has 0 aromatic rings. The van der Waals surface area contributed by atoms with Crippen molar-refractivity contribution in [1.82, 2.24) is 10.2 Å². The van der Waals surface area contributed by atoms with Crippen LogP contribution in [0.2, 0.25) is 0 Å². The van der Waals surface area contributed by atoms with Crippen molar-refractivity contribution in [2.24, 2.45) is 10.7 Å². The third-order valence-corrected chi connectivity index (χ3v) is 3.18. The molecule has 0 radical (unpaired) electrons. The normalized spacial score (nSPS) is 16.7. The Morgan fingerprint density at radius 2 is 1.94 bits per heavy atom. The Balaban J connectivity index is 2.42. The summed E-state index contributed by atoms with van der Waals surface area (Å²) in [5.41, 5.74) is 5.42. The summed E-state index contributed by atoms with van der Waals surface area (Å²) in [6, 6.07) is 0. The molecule has 1 fully saturated rings. The van der Waals surface area contributed by atoms with Gasteiger partial charge in [-0.2, -0.15) is 0 Å². The minimum Gasteiger partial charge on any atom is -0.370 e. The van der Waals surface area contributed by atoms with Crippen LogP contribution in [0.25, 0.3) is 0 Å². The van der Waals surface area contributed by atoms with Gasteiger partial charge in [-0.25, -0.2) is 0 Å². The summed E-state index contributed by atoms with van der Waals surface area (Å²) in [7, 11) is 0. The molecule has 4 N–H and O–H groups in total. The molecule has 0 atom stereocenters. The zero-order valence-electron chi connectivity index (χ0n) is 11.5. The highest BCUT2D eigenvalue weighted by molar-refractivity contribution is 5.96. The third kappa shape index (κ3) is 5.89. The molecule has 104 valence electrons. The Kier molecular flexibility index (Phi) is 7.22. The fourth-order valence-electron chi connectivity index (χ4n) is 2.17. The fourth-order valence-corrected chi connectivity index (χ4v) is 2.17. The van der Waals surface area contributed by atoms with Crippen LogP contribution in [0.15, 0.2) is 4.99 Å². The van der Waals surface area contributed by atoms with Crippen molar-refractivity contribution in [2.45, 2.75) is 51.9 Å². The highest BCUT2D eigenvalue weighted by atomic mass is 15.3. The van der Waals surface area contributed by atoms with E-state index in [4.69, 9.17) is 11.1 Å². The summed E-state index contributed by atoms with van der Waals surface area (Å²) in [5, 5.41) is 10.2. The summed E-state index contributed by atoms with van der Waals surface area (Å²) >= 11 is 0. The lowest BCUT2D eigenvalue weighted by Gasteiger charge is -2.29. The van der Waals surface area contributed by atoms with Gasteiger partial charge in [0, 0.05) is 19.6 Å². The van der Waals surface area contributed by atoms with Gasteiger partial charge >= 0.3 is 0 Å². The second kappa shape index (κ2) is 8.78. The van der Waals surface area contributed by atoms with Crippen LogP contribution in [0.4, 0.5) is 0 Å². The molecule has 0 bridgehead atoms. The molecule has 18 heavy (non-hydrogen) atoms. The lowest BCUT2D eigenvalue weighted by atomic mass is 10.1. The molecule has 0 aromatic heterocycles. The van der Waals surface area contributed by atoms with Gasteiger partial charge in [0.1, 0.15) is 0 Å². The van der Waals surface area contributed by atoms with E-state index in [9.17, 15) is 0 Å². The second-order valence-corrected chi connectivity index (χ2v) is 4.85. The van der Waals surface area contributed by atoms with Crippen LogP contribution in [0.1, 0.15) is 51.9 Å². The molecule has 1 aliphatic rings. The van der Waals surface area contributed by atoms with Gasteiger partial charge < -0.3 is 10.6 Å². The van der Waals surface area contributed by atoms with Crippen LogP contribution in [0.3, 0.4) is 0 Å². The number of unbranched alkanes of at least 4 members (excludes halogenated alkanes) is 3. The van der Waals surface area contributed by atoms with Crippen LogP contribution < -0.4 is 11.1 Å². The number of hydrogen-bond donors (Lipinski definition) is 3. The van der Waals surface area contributed by atoms with Gasteiger partial charge in [0.2, 0.25) is 5.96 Å². The Morgan fingerprint density at radius 3 is 2.56 bits per heavy atom. The van der Waals surface area contributed by atoms with E-state index in [0.29, 0.717) is 0 Å². The fraction of sp³-hybridized carbons (Fsp3) is 0.846. The average Bonchev–Trinajstić information content (AvgIpc) is 2.38. The van der Waals surface area contributed by atoms with Crippen LogP contribution in [-0.4, -0.2) is 36.5 Å². The molecule has 1 rings (SSSR count). The molecular formula is C13H27N5. The predicted octanol–water partition coefficient (Wildman–Crippen LogP) is 1.89. The second-order valence-electron chi connectivity index (χ2n) is 4.85. The van der Waals surface area contributed by atoms with Crippen molar-refractivity contribution in [3.63, 3.8) is 0 Å². The molecule has 0 saturated carbocycles. The topological polar surface area (TPSA) is 77.5 Å². The van der Waals surface area contributed by atoms with Crippen molar-refractivity contribution >= 4 is 11.9 Å². The maximum Gasteiger partial charge on any atom is 0.200 e. The number of likely N-dealkylation sites (tertiary alicyclic amines) is 1. The Bertz CT molecular complexity index is 269. The summed E-state index contributed by atoms with van der Waals surface area (Å²) < 4.78 is 0. The van der Waals surface area contributed by atoms with E-state index in [1.807, 2.05) is 0 Å². The highest BCUT2D eigenvalue weighted by Gasteiger charge is 2.14. The lowest BCUT2D eigenvalue weighted by Crippen LogP contribution is -2.48. The van der Waals surface area contributed by atoms with E-state index in [-0.39, 0.29) is 5.96 Å². The average molecular weight is 253 g/mol. The monoisotopic (exact) mass is 253 g/mol. The van der Waals surface area contributed by atoms with Crippen molar-refractivity contribution in [2.75, 3.05) is 19.6 Å². The standard InChI is InChI=1S/C13H27N5/c1-2-3-4-6-9-16-13(17-12(14)15)18-10-7-5-8-11-18/h2-11H2,1H3,(H4,14,15,16,17). The third-order valence-electron chi connectivity index (χ3n) is 3.18. The molecule has 5 heteroatoms. The van der Waals surface area contributed by atoms with E-state index < -0.39 is 0 Å². The van der Waals surface area contributed by atoms with Crippen molar-refractivity contribution < 1.29 is 0 Å². The molecule has 0 aromatic carbocycles. The van der Waals surface area contributed by atoms with E-state index >= 15 is 0 Å². The predicted molar refractivity (Wildman–Crippen MR) is 76.9 cm³/mol. The number of rotatable bonds is 5. The molecule has 0 spiro atoms. The van der Waals surface area contributed by atoms with Crippen molar-refractivity contribution in [3.8, 4) is 0 Å². The van der Waals surface area contributed by atoms with Gasteiger partial charge in [0.25, 0.3) is 0 Å². The molecule has 0 amide bonds. The van der Waals surface area contributed by atoms with Crippen LogP contribution >= 0.6 is 0 Å². The Morgan fingerprint density at radius 1 is 1.22 bits per heavy atom. The first-order valence-electron chi connectivity index (χ1n) is 7.14. The van der Waals surface area contributed by atoms with E-state index in [0.717, 1.165) is 32.0 Å². The van der Waals surface area contributed by atoms with Gasteiger partial charge in [0.05, 0.1) is 0 Å². The Labute approximate surface area is 110 Å². The maximum atomic E-state index is 7.35. The maximum absolute atomic E-state index is 7.35. The highest BCUT2D eigenvalue weighted by Crippen LogP contribution is 2.09. The largest absolute Gasteiger partial charge is 0.370 e. The van der Waals surface area contributed by atoms with Crippen molar-refractivity contribution in [1.29, 1.82) is 5.41 Å². The number of nitrogens with zero attached hydrogens (tertiary/aromatic N) is 2.